The lowest BCUT2D eigenvalue weighted by molar-refractivity contribution is -0.187. The van der Waals surface area contributed by atoms with Gasteiger partial charge in [0, 0.05) is 11.3 Å². The van der Waals surface area contributed by atoms with E-state index in [-0.39, 0.29) is 11.3 Å². The van der Waals surface area contributed by atoms with Gasteiger partial charge in [0.15, 0.2) is 5.54 Å². The van der Waals surface area contributed by atoms with E-state index in [0.29, 0.717) is 6.92 Å². The molecule has 7 heteroatoms. The van der Waals surface area contributed by atoms with Crippen LogP contribution in [0.3, 0.4) is 0 Å². The Bertz CT molecular complexity index is 307. The molecule has 0 aromatic heterocycles. The Morgan fingerprint density at radius 1 is 1.44 bits per heavy atom. The SMILES string of the molecule is CCSC1CCCC1NC(=O)C(C)(N)C(F)(F)F. The molecule has 0 spiro atoms. The van der Waals surface area contributed by atoms with Gasteiger partial charge in [-0.1, -0.05) is 13.3 Å². The van der Waals surface area contributed by atoms with Crippen LogP contribution in [0, 0.1) is 0 Å². The van der Waals surface area contributed by atoms with Crippen molar-refractivity contribution in [2.45, 2.75) is 56.1 Å². The Hall–Kier alpha value is -0.430. The van der Waals surface area contributed by atoms with Crippen LogP contribution < -0.4 is 11.1 Å². The molecule has 1 saturated carbocycles. The van der Waals surface area contributed by atoms with E-state index in [0.717, 1.165) is 25.0 Å². The van der Waals surface area contributed by atoms with Crippen LogP contribution in [0.4, 0.5) is 13.2 Å². The van der Waals surface area contributed by atoms with Crippen LogP contribution in [0.2, 0.25) is 0 Å². The van der Waals surface area contributed by atoms with Crippen LogP contribution in [0.5, 0.6) is 0 Å². The molecule has 106 valence electrons. The first-order chi connectivity index (χ1) is 8.20. The Morgan fingerprint density at radius 3 is 2.56 bits per heavy atom. The maximum Gasteiger partial charge on any atom is 0.415 e. The summed E-state index contributed by atoms with van der Waals surface area (Å²) >= 11 is 1.67. The molecule has 0 aromatic rings. The number of thioether (sulfide) groups is 1. The molecule has 0 heterocycles. The van der Waals surface area contributed by atoms with Gasteiger partial charge in [-0.3, -0.25) is 4.79 Å². The molecule has 0 saturated heterocycles. The minimum Gasteiger partial charge on any atom is -0.350 e. The highest BCUT2D eigenvalue weighted by atomic mass is 32.2. The van der Waals surface area contributed by atoms with Gasteiger partial charge in [-0.15, -0.1) is 0 Å². The van der Waals surface area contributed by atoms with Crippen LogP contribution in [0.25, 0.3) is 0 Å². The number of carbonyl (C=O) groups excluding carboxylic acids is 1. The van der Waals surface area contributed by atoms with Crippen molar-refractivity contribution >= 4 is 17.7 Å². The molecular weight excluding hydrogens is 265 g/mol. The summed E-state index contributed by atoms with van der Waals surface area (Å²) in [6, 6.07) is -0.201. The van der Waals surface area contributed by atoms with E-state index in [9.17, 15) is 18.0 Å². The molecule has 3 unspecified atom stereocenters. The van der Waals surface area contributed by atoms with Crippen LogP contribution in [0.15, 0.2) is 0 Å². The summed E-state index contributed by atoms with van der Waals surface area (Å²) in [5, 5.41) is 2.65. The van der Waals surface area contributed by atoms with E-state index in [1.165, 1.54) is 0 Å². The van der Waals surface area contributed by atoms with Gasteiger partial charge in [0.05, 0.1) is 0 Å². The van der Waals surface area contributed by atoms with E-state index in [1.54, 1.807) is 11.8 Å². The first-order valence-electron chi connectivity index (χ1n) is 5.98. The maximum absolute atomic E-state index is 12.6. The molecule has 0 radical (unpaired) electrons. The monoisotopic (exact) mass is 284 g/mol. The summed E-state index contributed by atoms with van der Waals surface area (Å²) in [5.41, 5.74) is 2.27. The largest absolute Gasteiger partial charge is 0.415 e. The highest BCUT2D eigenvalue weighted by Gasteiger charge is 2.54. The standard InChI is InChI=1S/C11H19F3N2OS/c1-3-18-8-6-4-5-7(8)16-9(17)10(2,15)11(12,13)14/h7-8H,3-6,15H2,1-2H3,(H,16,17). The Kier molecular flexibility index (Phi) is 4.94. The van der Waals surface area contributed by atoms with E-state index >= 15 is 0 Å². The summed E-state index contributed by atoms with van der Waals surface area (Å²) in [6.45, 7) is 2.70. The number of halogens is 3. The van der Waals surface area contributed by atoms with E-state index < -0.39 is 17.6 Å². The topological polar surface area (TPSA) is 55.1 Å². The minimum atomic E-state index is -4.73. The summed E-state index contributed by atoms with van der Waals surface area (Å²) in [4.78, 5) is 11.7. The molecule has 3 nitrogen and oxygen atoms in total. The molecule has 1 amide bonds. The lowest BCUT2D eigenvalue weighted by Gasteiger charge is -2.29. The average Bonchev–Trinajstić information content (AvgIpc) is 2.64. The number of alkyl halides is 3. The van der Waals surface area contributed by atoms with Crippen molar-refractivity contribution in [3.8, 4) is 0 Å². The van der Waals surface area contributed by atoms with Gasteiger partial charge in [-0.25, -0.2) is 0 Å². The van der Waals surface area contributed by atoms with E-state index in [1.807, 2.05) is 6.92 Å². The second-order valence-corrected chi connectivity index (χ2v) is 6.22. The molecule has 3 N–H and O–H groups in total. The zero-order valence-electron chi connectivity index (χ0n) is 10.5. The summed E-state index contributed by atoms with van der Waals surface area (Å²) in [5.74, 6) is -0.250. The maximum atomic E-state index is 12.6. The average molecular weight is 284 g/mol. The van der Waals surface area contributed by atoms with Gasteiger partial charge >= 0.3 is 6.18 Å². The third kappa shape index (κ3) is 3.32. The fourth-order valence-electron chi connectivity index (χ4n) is 1.95. The molecule has 0 aliphatic heterocycles. The van der Waals surface area contributed by atoms with Crippen LogP contribution in [-0.2, 0) is 4.79 Å². The number of hydrogen-bond donors (Lipinski definition) is 2. The Balaban J connectivity index is 2.64. The number of rotatable bonds is 4. The van der Waals surface area contributed by atoms with E-state index in [2.05, 4.69) is 5.32 Å². The van der Waals surface area contributed by atoms with Gasteiger partial charge in [-0.05, 0) is 25.5 Å². The fourth-order valence-corrected chi connectivity index (χ4v) is 3.15. The highest BCUT2D eigenvalue weighted by Crippen LogP contribution is 2.32. The lowest BCUT2D eigenvalue weighted by Crippen LogP contribution is -2.63. The molecular formula is C11H19F3N2OS. The third-order valence-electron chi connectivity index (χ3n) is 3.21. The second-order valence-electron chi connectivity index (χ2n) is 4.70. The van der Waals surface area contributed by atoms with Gasteiger partial charge in [0.25, 0.3) is 0 Å². The first-order valence-corrected chi connectivity index (χ1v) is 7.03. The van der Waals surface area contributed by atoms with Crippen LogP contribution >= 0.6 is 11.8 Å². The van der Waals surface area contributed by atoms with Gasteiger partial charge < -0.3 is 11.1 Å². The molecule has 0 bridgehead atoms. The smallest absolute Gasteiger partial charge is 0.350 e. The van der Waals surface area contributed by atoms with E-state index in [4.69, 9.17) is 5.73 Å². The zero-order valence-corrected chi connectivity index (χ0v) is 11.3. The summed E-state index contributed by atoms with van der Waals surface area (Å²) in [7, 11) is 0. The second kappa shape index (κ2) is 5.69. The molecule has 1 fully saturated rings. The van der Waals surface area contributed by atoms with Crippen LogP contribution in [-0.4, -0.2) is 34.7 Å². The molecule has 3 atom stereocenters. The minimum absolute atomic E-state index is 0.197. The van der Waals surface area contributed by atoms with Gasteiger partial charge in [-0.2, -0.15) is 24.9 Å². The van der Waals surface area contributed by atoms with Crippen molar-refractivity contribution in [2.75, 3.05) is 5.75 Å². The normalized spacial score (nSPS) is 27.9. The van der Waals surface area contributed by atoms with Gasteiger partial charge in [0.2, 0.25) is 5.91 Å². The number of hydrogen-bond acceptors (Lipinski definition) is 3. The van der Waals surface area contributed by atoms with Crippen molar-refractivity contribution in [3.05, 3.63) is 0 Å². The number of nitrogens with two attached hydrogens (primary N) is 1. The zero-order chi connectivity index (χ0) is 14.0. The fraction of sp³-hybridized carbons (Fsp3) is 0.909. The first kappa shape index (κ1) is 15.6. The molecule has 1 aliphatic rings. The Labute approximate surface area is 109 Å². The summed E-state index contributed by atoms with van der Waals surface area (Å²) in [6.07, 6.45) is -2.16. The predicted octanol–water partition coefficient (Wildman–Crippen LogP) is 2.06. The quantitative estimate of drug-likeness (QED) is 0.831. The number of carbonyl (C=O) groups is 1. The van der Waals surface area contributed by atoms with Crippen molar-refractivity contribution in [3.63, 3.8) is 0 Å². The highest BCUT2D eigenvalue weighted by molar-refractivity contribution is 7.99. The van der Waals surface area contributed by atoms with Crippen molar-refractivity contribution < 1.29 is 18.0 Å². The van der Waals surface area contributed by atoms with Crippen LogP contribution in [0.1, 0.15) is 33.1 Å². The molecule has 0 aromatic carbocycles. The molecule has 1 rings (SSSR count). The Morgan fingerprint density at radius 2 is 2.06 bits per heavy atom. The van der Waals surface area contributed by atoms with Gasteiger partial charge in [0.1, 0.15) is 0 Å². The number of amides is 1. The molecule has 18 heavy (non-hydrogen) atoms. The third-order valence-corrected chi connectivity index (χ3v) is 4.54. The summed E-state index contributed by atoms with van der Waals surface area (Å²) < 4.78 is 37.8. The molecule has 1 aliphatic carbocycles. The predicted molar refractivity (Wildman–Crippen MR) is 66.3 cm³/mol. The lowest BCUT2D eigenvalue weighted by atomic mass is 10.0. The van der Waals surface area contributed by atoms with Crippen molar-refractivity contribution in [2.24, 2.45) is 5.73 Å². The van der Waals surface area contributed by atoms with Crippen molar-refractivity contribution in [1.29, 1.82) is 0 Å². The van der Waals surface area contributed by atoms with Crippen molar-refractivity contribution in [1.82, 2.24) is 5.32 Å². The number of nitrogens with one attached hydrogen (secondary N) is 1.